The Balaban J connectivity index is 1.75. The zero-order valence-corrected chi connectivity index (χ0v) is 13.8. The maximum absolute atomic E-state index is 12.7. The van der Waals surface area contributed by atoms with E-state index in [2.05, 4.69) is 4.90 Å². The first kappa shape index (κ1) is 15.8. The molecule has 5 nitrogen and oxygen atoms in total. The van der Waals surface area contributed by atoms with Gasteiger partial charge in [-0.25, -0.2) is 8.42 Å². The van der Waals surface area contributed by atoms with Crippen LogP contribution in [-0.2, 0) is 10.0 Å². The van der Waals surface area contributed by atoms with Crippen LogP contribution in [0.5, 0.6) is 0 Å². The van der Waals surface area contributed by atoms with E-state index in [-0.39, 0.29) is 10.5 Å². The van der Waals surface area contributed by atoms with E-state index in [1.54, 1.807) is 0 Å². The van der Waals surface area contributed by atoms with Crippen LogP contribution in [0.1, 0.15) is 18.4 Å². The standard InChI is InChI=1S/C15H18ClN3O2S/c16-14-3-4-15(13(9-14)10-17)22(20,21)19-7-5-18(6-8-19)11-12-1-2-12/h3-4,9,12H,1-2,5-8,11H2. The largest absolute Gasteiger partial charge is 0.300 e. The lowest BCUT2D eigenvalue weighted by Crippen LogP contribution is -2.49. The average Bonchev–Trinajstić information content (AvgIpc) is 3.31. The second kappa shape index (κ2) is 6.17. The molecule has 1 aliphatic heterocycles. The van der Waals surface area contributed by atoms with Crippen molar-refractivity contribution in [3.63, 3.8) is 0 Å². The van der Waals surface area contributed by atoms with Crippen LogP contribution in [0, 0.1) is 17.2 Å². The van der Waals surface area contributed by atoms with Gasteiger partial charge in [-0.05, 0) is 37.0 Å². The van der Waals surface area contributed by atoms with Crippen LogP contribution in [0.2, 0.25) is 5.02 Å². The first-order valence-corrected chi connectivity index (χ1v) is 9.24. The summed E-state index contributed by atoms with van der Waals surface area (Å²) in [6.45, 7) is 3.54. The van der Waals surface area contributed by atoms with Crippen molar-refractivity contribution in [1.82, 2.24) is 9.21 Å². The van der Waals surface area contributed by atoms with Crippen LogP contribution in [0.4, 0.5) is 0 Å². The molecule has 2 fully saturated rings. The van der Waals surface area contributed by atoms with Crippen molar-refractivity contribution in [2.24, 2.45) is 5.92 Å². The molecule has 0 aromatic heterocycles. The van der Waals surface area contributed by atoms with Crippen molar-refractivity contribution in [3.8, 4) is 6.07 Å². The van der Waals surface area contributed by atoms with Gasteiger partial charge < -0.3 is 4.90 Å². The van der Waals surface area contributed by atoms with Crippen LogP contribution in [0.25, 0.3) is 0 Å². The van der Waals surface area contributed by atoms with E-state index >= 15 is 0 Å². The predicted molar refractivity (Wildman–Crippen MR) is 84.1 cm³/mol. The van der Waals surface area contributed by atoms with E-state index in [1.807, 2.05) is 6.07 Å². The van der Waals surface area contributed by atoms with Gasteiger partial charge in [0.05, 0.1) is 5.56 Å². The van der Waals surface area contributed by atoms with Crippen molar-refractivity contribution in [3.05, 3.63) is 28.8 Å². The highest BCUT2D eigenvalue weighted by atomic mass is 35.5. The maximum Gasteiger partial charge on any atom is 0.244 e. The highest BCUT2D eigenvalue weighted by molar-refractivity contribution is 7.89. The van der Waals surface area contributed by atoms with Gasteiger partial charge in [-0.2, -0.15) is 9.57 Å². The molecular weight excluding hydrogens is 322 g/mol. The summed E-state index contributed by atoms with van der Waals surface area (Å²) in [4.78, 5) is 2.38. The Kier molecular flexibility index (Phi) is 4.42. The molecular formula is C15H18ClN3O2S. The van der Waals surface area contributed by atoms with E-state index in [4.69, 9.17) is 16.9 Å². The fraction of sp³-hybridized carbons (Fsp3) is 0.533. The van der Waals surface area contributed by atoms with Crippen LogP contribution in [0.15, 0.2) is 23.1 Å². The third-order valence-electron chi connectivity index (χ3n) is 4.22. The molecule has 1 saturated heterocycles. The second-order valence-electron chi connectivity index (χ2n) is 5.90. The number of benzene rings is 1. The van der Waals surface area contributed by atoms with Gasteiger partial charge in [0.2, 0.25) is 10.0 Å². The van der Waals surface area contributed by atoms with Crippen LogP contribution in [0.3, 0.4) is 0 Å². The minimum absolute atomic E-state index is 0.0510. The zero-order chi connectivity index (χ0) is 15.7. The number of halogens is 1. The summed E-state index contributed by atoms with van der Waals surface area (Å²) in [5.74, 6) is 0.810. The minimum atomic E-state index is -3.63. The highest BCUT2D eigenvalue weighted by Gasteiger charge is 2.32. The first-order valence-electron chi connectivity index (χ1n) is 7.43. The molecule has 1 aromatic rings. The third-order valence-corrected chi connectivity index (χ3v) is 6.42. The Hall–Kier alpha value is -1.13. The number of piperazine rings is 1. The van der Waals surface area contributed by atoms with Gasteiger partial charge in [0.1, 0.15) is 11.0 Å². The third kappa shape index (κ3) is 3.28. The van der Waals surface area contributed by atoms with E-state index in [1.165, 1.54) is 35.3 Å². The second-order valence-corrected chi connectivity index (χ2v) is 8.24. The van der Waals surface area contributed by atoms with E-state index in [0.29, 0.717) is 18.1 Å². The minimum Gasteiger partial charge on any atom is -0.300 e. The maximum atomic E-state index is 12.7. The molecule has 0 unspecified atom stereocenters. The fourth-order valence-corrected chi connectivity index (χ4v) is 4.49. The number of hydrogen-bond acceptors (Lipinski definition) is 4. The average molecular weight is 340 g/mol. The molecule has 1 saturated carbocycles. The number of rotatable bonds is 4. The SMILES string of the molecule is N#Cc1cc(Cl)ccc1S(=O)(=O)N1CCN(CC2CC2)CC1. The zero-order valence-electron chi connectivity index (χ0n) is 12.2. The summed E-state index contributed by atoms with van der Waals surface area (Å²) in [7, 11) is -3.63. The number of nitrogens with zero attached hydrogens (tertiary/aromatic N) is 3. The van der Waals surface area contributed by atoms with Crippen molar-refractivity contribution < 1.29 is 8.42 Å². The molecule has 0 bridgehead atoms. The summed E-state index contributed by atoms with van der Waals surface area (Å²) >= 11 is 5.84. The molecule has 1 heterocycles. The van der Waals surface area contributed by atoms with E-state index < -0.39 is 10.0 Å². The van der Waals surface area contributed by atoms with Gasteiger partial charge in [0.25, 0.3) is 0 Å². The van der Waals surface area contributed by atoms with Crippen LogP contribution < -0.4 is 0 Å². The smallest absolute Gasteiger partial charge is 0.244 e. The lowest BCUT2D eigenvalue weighted by Gasteiger charge is -2.34. The Morgan fingerprint density at radius 1 is 1.23 bits per heavy atom. The Morgan fingerprint density at radius 3 is 2.50 bits per heavy atom. The molecule has 118 valence electrons. The summed E-state index contributed by atoms with van der Waals surface area (Å²) in [6.07, 6.45) is 2.60. The lowest BCUT2D eigenvalue weighted by atomic mass is 10.2. The fourth-order valence-electron chi connectivity index (χ4n) is 2.77. The Labute approximate surface area is 136 Å². The Bertz CT molecular complexity index is 702. The number of hydrogen-bond donors (Lipinski definition) is 0. The number of sulfonamides is 1. The molecule has 0 atom stereocenters. The molecule has 1 aromatic carbocycles. The van der Waals surface area contributed by atoms with Crippen LogP contribution >= 0.6 is 11.6 Å². The summed E-state index contributed by atoms with van der Waals surface area (Å²) in [5, 5.41) is 9.52. The van der Waals surface area contributed by atoms with Crippen molar-refractivity contribution in [1.29, 1.82) is 5.26 Å². The molecule has 0 spiro atoms. The van der Waals surface area contributed by atoms with Crippen molar-refractivity contribution in [2.75, 3.05) is 32.7 Å². The van der Waals surface area contributed by atoms with Crippen molar-refractivity contribution >= 4 is 21.6 Å². The van der Waals surface area contributed by atoms with Crippen LogP contribution in [-0.4, -0.2) is 50.3 Å². The molecule has 7 heteroatoms. The van der Waals surface area contributed by atoms with Gasteiger partial charge in [0, 0.05) is 37.7 Å². The van der Waals surface area contributed by atoms with Gasteiger partial charge in [-0.1, -0.05) is 11.6 Å². The molecule has 0 radical (unpaired) electrons. The topological polar surface area (TPSA) is 64.4 Å². The molecule has 2 aliphatic rings. The first-order chi connectivity index (χ1) is 10.5. The number of nitriles is 1. The van der Waals surface area contributed by atoms with Gasteiger partial charge in [-0.3, -0.25) is 0 Å². The molecule has 1 aliphatic carbocycles. The molecule has 3 rings (SSSR count). The monoisotopic (exact) mass is 339 g/mol. The molecule has 0 N–H and O–H groups in total. The van der Waals surface area contributed by atoms with E-state index in [9.17, 15) is 8.42 Å². The molecule has 22 heavy (non-hydrogen) atoms. The summed E-state index contributed by atoms with van der Waals surface area (Å²) in [6, 6.07) is 6.26. The van der Waals surface area contributed by atoms with E-state index in [0.717, 1.165) is 25.6 Å². The summed E-state index contributed by atoms with van der Waals surface area (Å²) in [5.41, 5.74) is 0.105. The highest BCUT2D eigenvalue weighted by Crippen LogP contribution is 2.30. The predicted octanol–water partition coefficient (Wildman–Crippen LogP) is 1.93. The Morgan fingerprint density at radius 2 is 1.91 bits per heavy atom. The molecule has 0 amide bonds. The normalized spacial score (nSPS) is 20.7. The van der Waals surface area contributed by atoms with Gasteiger partial charge >= 0.3 is 0 Å². The summed E-state index contributed by atoms with van der Waals surface area (Å²) < 4.78 is 26.9. The van der Waals surface area contributed by atoms with Crippen molar-refractivity contribution in [2.45, 2.75) is 17.7 Å². The van der Waals surface area contributed by atoms with Gasteiger partial charge in [-0.15, -0.1) is 0 Å². The lowest BCUT2D eigenvalue weighted by molar-refractivity contribution is 0.182. The van der Waals surface area contributed by atoms with Gasteiger partial charge in [0.15, 0.2) is 0 Å². The quantitative estimate of drug-likeness (QED) is 0.840.